The van der Waals surface area contributed by atoms with Crippen LogP contribution < -0.4 is 5.32 Å². The van der Waals surface area contributed by atoms with Gasteiger partial charge in [-0.1, -0.05) is 32.8 Å². The number of anilines is 1. The van der Waals surface area contributed by atoms with Gasteiger partial charge in [0.25, 0.3) is 0 Å². The standard InChI is InChI=1S/C14H21NO3.C6H10NO2.C5H10O3.CH4O.U/c1-9(2)14(17)18-8-11-5-6-12(13(16)7-11)15-10(3)4;8-6(9)5-1-3-7-4-2-5;6-4-1-5(7)3-8-2-4;1-2;/h5-7,9-10,15-16H,8H2,1-4H3;5H,1-4H2,(H,8,9);4-7H,1-3H2;2H,1H3;/q;-1;;;. The maximum atomic E-state index is 11.3. The van der Waals surface area contributed by atoms with Gasteiger partial charge in [-0.05, 0) is 31.5 Å². The van der Waals surface area contributed by atoms with E-state index in [2.05, 4.69) is 10.6 Å². The zero-order valence-electron chi connectivity index (χ0n) is 23.1. The Morgan fingerprint density at radius 2 is 1.63 bits per heavy atom. The van der Waals surface area contributed by atoms with E-state index in [0.29, 0.717) is 25.3 Å². The van der Waals surface area contributed by atoms with Crippen LogP contribution in [0, 0.1) is 42.9 Å². The number of rotatable bonds is 6. The van der Waals surface area contributed by atoms with Crippen molar-refractivity contribution >= 4 is 17.6 Å². The molecule has 0 saturated carbocycles. The number of aliphatic carboxylic acids is 1. The van der Waals surface area contributed by atoms with E-state index in [1.54, 1.807) is 26.0 Å². The minimum absolute atomic E-state index is 0. The van der Waals surface area contributed by atoms with Gasteiger partial charge in [-0.3, -0.25) is 9.59 Å². The molecule has 6 N–H and O–H groups in total. The molecule has 12 heteroatoms. The maximum Gasteiger partial charge on any atom is 0.308 e. The number of benzene rings is 1. The van der Waals surface area contributed by atoms with Crippen molar-refractivity contribution in [2.75, 3.05) is 38.7 Å². The van der Waals surface area contributed by atoms with Crippen molar-refractivity contribution in [3.8, 4) is 5.75 Å². The zero-order valence-corrected chi connectivity index (χ0v) is 27.3. The van der Waals surface area contributed by atoms with Crippen LogP contribution in [-0.2, 0) is 25.7 Å². The number of phenols is 1. The first-order valence-electron chi connectivity index (χ1n) is 12.5. The van der Waals surface area contributed by atoms with Gasteiger partial charge in [0.05, 0.1) is 42.9 Å². The molecule has 0 aliphatic carbocycles. The van der Waals surface area contributed by atoms with Crippen molar-refractivity contribution in [3.63, 3.8) is 0 Å². The summed E-state index contributed by atoms with van der Waals surface area (Å²) in [4.78, 5) is 21.6. The number of phenolic OH excluding ortho intramolecular Hbond substituents is 1. The molecule has 2 saturated heterocycles. The summed E-state index contributed by atoms with van der Waals surface area (Å²) in [5.41, 5.74) is 1.46. The number of esters is 1. The first kappa shape index (κ1) is 38.8. The van der Waals surface area contributed by atoms with Gasteiger partial charge < -0.3 is 45.6 Å². The Morgan fingerprint density at radius 3 is 2.00 bits per heavy atom. The van der Waals surface area contributed by atoms with Crippen LogP contribution >= 0.6 is 0 Å². The largest absolute Gasteiger partial charge is 0.662 e. The first-order chi connectivity index (χ1) is 17.5. The molecule has 218 valence electrons. The van der Waals surface area contributed by atoms with Crippen molar-refractivity contribution in [1.82, 2.24) is 0 Å². The van der Waals surface area contributed by atoms with Gasteiger partial charge in [0, 0.05) is 50.7 Å². The number of aliphatic hydroxyl groups is 3. The molecule has 2 heterocycles. The average molecular weight is 768 g/mol. The fourth-order valence-corrected chi connectivity index (χ4v) is 3.21. The fourth-order valence-electron chi connectivity index (χ4n) is 3.21. The number of aromatic hydroxyl groups is 1. The molecule has 0 amide bonds. The molecular formula is C26H45N2O9U-. The van der Waals surface area contributed by atoms with Crippen LogP contribution in [0.5, 0.6) is 5.75 Å². The van der Waals surface area contributed by atoms with Gasteiger partial charge in [-0.15, -0.1) is 13.1 Å². The number of carboxylic acids is 1. The summed E-state index contributed by atoms with van der Waals surface area (Å²) in [5.74, 6) is -0.992. The topological polar surface area (TPSA) is 180 Å². The average Bonchev–Trinajstić information content (AvgIpc) is 2.86. The predicted molar refractivity (Wildman–Crippen MR) is 141 cm³/mol. The maximum absolute atomic E-state index is 11.3. The van der Waals surface area contributed by atoms with Crippen LogP contribution in [0.1, 0.15) is 52.5 Å². The van der Waals surface area contributed by atoms with Crippen molar-refractivity contribution < 1.29 is 75.7 Å². The smallest absolute Gasteiger partial charge is 0.308 e. The molecule has 1 aromatic carbocycles. The molecule has 38 heavy (non-hydrogen) atoms. The minimum atomic E-state index is -0.662. The zero-order chi connectivity index (χ0) is 28.4. The van der Waals surface area contributed by atoms with Gasteiger partial charge >= 0.3 is 11.9 Å². The second-order valence-corrected chi connectivity index (χ2v) is 9.28. The van der Waals surface area contributed by atoms with Gasteiger partial charge in [0.2, 0.25) is 0 Å². The van der Waals surface area contributed by atoms with Crippen molar-refractivity contribution in [2.24, 2.45) is 11.8 Å². The molecule has 2 aliphatic heterocycles. The summed E-state index contributed by atoms with van der Waals surface area (Å²) in [5, 5.41) is 50.1. The molecular weight excluding hydrogens is 722 g/mol. The molecule has 11 nitrogen and oxygen atoms in total. The van der Waals surface area contributed by atoms with Crippen LogP contribution in [0.3, 0.4) is 0 Å². The third-order valence-corrected chi connectivity index (χ3v) is 5.14. The Labute approximate surface area is 249 Å². The predicted octanol–water partition coefficient (Wildman–Crippen LogP) is 2.50. The number of carboxylic acid groups (broad SMARTS) is 1. The molecule has 0 radical (unpaired) electrons. The number of aliphatic hydroxyl groups excluding tert-OH is 3. The van der Waals surface area contributed by atoms with Gasteiger partial charge in [-0.25, -0.2) is 0 Å². The summed E-state index contributed by atoms with van der Waals surface area (Å²) in [6.07, 6.45) is 1.00. The third-order valence-electron chi connectivity index (χ3n) is 5.14. The number of ether oxygens (including phenoxy) is 2. The van der Waals surface area contributed by atoms with Crippen molar-refractivity contribution in [2.45, 2.75) is 71.8 Å². The molecule has 2 atom stereocenters. The van der Waals surface area contributed by atoms with Crippen molar-refractivity contribution in [3.05, 3.63) is 29.1 Å². The van der Waals surface area contributed by atoms with E-state index >= 15 is 0 Å². The van der Waals surface area contributed by atoms with Gasteiger partial charge in [-0.2, -0.15) is 0 Å². The second-order valence-electron chi connectivity index (χ2n) is 9.28. The second kappa shape index (κ2) is 22.4. The Morgan fingerprint density at radius 1 is 1.08 bits per heavy atom. The van der Waals surface area contributed by atoms with Gasteiger partial charge in [0.1, 0.15) is 12.4 Å². The van der Waals surface area contributed by atoms with E-state index in [4.69, 9.17) is 29.9 Å². The number of hydrogen-bond acceptors (Lipinski definition) is 9. The van der Waals surface area contributed by atoms with Gasteiger partial charge in [0.15, 0.2) is 0 Å². The van der Waals surface area contributed by atoms with E-state index in [9.17, 15) is 14.7 Å². The summed E-state index contributed by atoms with van der Waals surface area (Å²) < 4.78 is 9.89. The molecule has 0 aromatic heterocycles. The van der Waals surface area contributed by atoms with E-state index in [1.165, 1.54) is 0 Å². The molecule has 2 unspecified atom stereocenters. The Kier molecular flexibility index (Phi) is 22.9. The molecule has 0 bridgehead atoms. The summed E-state index contributed by atoms with van der Waals surface area (Å²) in [7, 11) is 1.00. The van der Waals surface area contributed by atoms with E-state index in [1.807, 2.05) is 19.9 Å². The molecule has 1 aromatic rings. The van der Waals surface area contributed by atoms with Crippen LogP contribution in [0.25, 0.3) is 5.32 Å². The molecule has 2 aliphatic rings. The number of hydrogen-bond donors (Lipinski definition) is 6. The van der Waals surface area contributed by atoms with Crippen molar-refractivity contribution in [1.29, 1.82) is 0 Å². The number of nitrogens with one attached hydrogen (secondary N) is 1. The normalized spacial score (nSPS) is 18.8. The van der Waals surface area contributed by atoms with Crippen LogP contribution in [-0.4, -0.2) is 89.1 Å². The van der Waals surface area contributed by atoms with Crippen LogP contribution in [0.15, 0.2) is 18.2 Å². The Hall–Kier alpha value is -1.39. The van der Waals surface area contributed by atoms with E-state index in [0.717, 1.165) is 38.6 Å². The van der Waals surface area contributed by atoms with E-state index in [-0.39, 0.29) is 67.3 Å². The Balaban J connectivity index is 0. The Bertz CT molecular complexity index is 767. The van der Waals surface area contributed by atoms with Crippen LogP contribution in [0.4, 0.5) is 5.69 Å². The number of carbonyl (C=O) groups excluding carboxylic acids is 1. The third kappa shape index (κ3) is 18.0. The minimum Gasteiger partial charge on any atom is -0.662 e. The summed E-state index contributed by atoms with van der Waals surface area (Å²) >= 11 is 0. The summed E-state index contributed by atoms with van der Waals surface area (Å²) in [6, 6.07) is 5.48. The quantitative estimate of drug-likeness (QED) is 0.186. The first-order valence-corrected chi connectivity index (χ1v) is 12.5. The SMILES string of the molecule is CC(C)Nc1ccc(COC(=O)C(C)C)cc1O.CO.O=C(O)C1CC[N-]CC1.OC1COCC(O)C1.[U]. The molecule has 0 spiro atoms. The monoisotopic (exact) mass is 767 g/mol. The summed E-state index contributed by atoms with van der Waals surface area (Å²) in [6.45, 7) is 9.97. The molecule has 3 rings (SSSR count). The number of piperidine rings is 1. The number of nitrogens with zero attached hydrogens (tertiary/aromatic N) is 1. The molecule has 2 fully saturated rings. The van der Waals surface area contributed by atoms with E-state index < -0.39 is 18.2 Å². The fraction of sp³-hybridized carbons (Fsp3) is 0.692. The van der Waals surface area contributed by atoms with Crippen LogP contribution in [0.2, 0.25) is 0 Å². The number of carbonyl (C=O) groups is 2.